The van der Waals surface area contributed by atoms with Crippen molar-refractivity contribution in [2.24, 2.45) is 11.3 Å². The van der Waals surface area contributed by atoms with E-state index in [-0.39, 0.29) is 5.41 Å². The average Bonchev–Trinajstić information content (AvgIpc) is 3.44. The lowest BCUT2D eigenvalue weighted by molar-refractivity contribution is 0.0444. The van der Waals surface area contributed by atoms with Crippen LogP contribution in [0.2, 0.25) is 0 Å². The Hall–Kier alpha value is -1.06. The minimum absolute atomic E-state index is 0.139. The lowest BCUT2D eigenvalue weighted by Gasteiger charge is -2.45. The van der Waals surface area contributed by atoms with Crippen LogP contribution < -0.4 is 10.1 Å². The van der Waals surface area contributed by atoms with Crippen LogP contribution in [0.15, 0.2) is 18.2 Å². The molecule has 1 saturated heterocycles. The lowest BCUT2D eigenvalue weighted by atomic mass is 9.65. The summed E-state index contributed by atoms with van der Waals surface area (Å²) < 4.78 is 11.5. The molecule has 1 aromatic carbocycles. The van der Waals surface area contributed by atoms with Gasteiger partial charge in [0.1, 0.15) is 5.75 Å². The maximum absolute atomic E-state index is 5.75. The number of hydrogen-bond donors (Lipinski definition) is 1. The molecule has 1 aromatic rings. The molecule has 0 bridgehead atoms. The highest BCUT2D eigenvalue weighted by molar-refractivity contribution is 5.43. The Bertz CT molecular complexity index is 613. The molecule has 2 saturated carbocycles. The SMILES string of the molecule is COc1ccc(C)cc1C1(CNCC2(CC3CC3)CCC2)CCOCC1. The molecule has 26 heavy (non-hydrogen) atoms. The van der Waals surface area contributed by atoms with E-state index in [4.69, 9.17) is 9.47 Å². The summed E-state index contributed by atoms with van der Waals surface area (Å²) in [6.45, 7) is 6.13. The van der Waals surface area contributed by atoms with Gasteiger partial charge in [-0.25, -0.2) is 0 Å². The molecule has 3 fully saturated rings. The Balaban J connectivity index is 1.49. The summed E-state index contributed by atoms with van der Waals surface area (Å²) in [7, 11) is 1.80. The number of nitrogens with one attached hydrogen (secondary N) is 1. The largest absolute Gasteiger partial charge is 0.496 e. The number of aryl methyl sites for hydroxylation is 1. The van der Waals surface area contributed by atoms with Gasteiger partial charge in [-0.15, -0.1) is 0 Å². The first-order chi connectivity index (χ1) is 12.6. The fraction of sp³-hybridized carbons (Fsp3) is 0.739. The van der Waals surface area contributed by atoms with Gasteiger partial charge in [-0.1, -0.05) is 37.0 Å². The van der Waals surface area contributed by atoms with Gasteiger partial charge in [-0.2, -0.15) is 0 Å². The highest BCUT2D eigenvalue weighted by Gasteiger charge is 2.42. The molecule has 1 N–H and O–H groups in total. The van der Waals surface area contributed by atoms with Crippen LogP contribution in [0.5, 0.6) is 5.75 Å². The van der Waals surface area contributed by atoms with Crippen LogP contribution >= 0.6 is 0 Å². The molecule has 3 aliphatic rings. The van der Waals surface area contributed by atoms with Crippen LogP contribution in [0.25, 0.3) is 0 Å². The zero-order valence-corrected chi connectivity index (χ0v) is 16.6. The second-order valence-corrected chi connectivity index (χ2v) is 9.20. The summed E-state index contributed by atoms with van der Waals surface area (Å²) in [6, 6.07) is 6.64. The lowest BCUT2D eigenvalue weighted by Crippen LogP contribution is -2.47. The van der Waals surface area contributed by atoms with Gasteiger partial charge >= 0.3 is 0 Å². The molecule has 4 rings (SSSR count). The van der Waals surface area contributed by atoms with Gasteiger partial charge in [0, 0.05) is 37.3 Å². The van der Waals surface area contributed by atoms with Crippen molar-refractivity contribution in [1.29, 1.82) is 0 Å². The molecular formula is C23H35NO2. The van der Waals surface area contributed by atoms with Gasteiger partial charge in [-0.05, 0) is 56.4 Å². The van der Waals surface area contributed by atoms with Crippen molar-refractivity contribution in [2.45, 2.75) is 63.7 Å². The zero-order chi connectivity index (χ0) is 18.0. The van der Waals surface area contributed by atoms with Crippen molar-refractivity contribution >= 4 is 0 Å². The molecule has 0 amide bonds. The van der Waals surface area contributed by atoms with E-state index in [9.17, 15) is 0 Å². The predicted molar refractivity (Wildman–Crippen MR) is 106 cm³/mol. The fourth-order valence-corrected chi connectivity index (χ4v) is 5.17. The Morgan fingerprint density at radius 3 is 2.50 bits per heavy atom. The minimum atomic E-state index is 0.139. The number of methoxy groups -OCH3 is 1. The molecule has 3 nitrogen and oxygen atoms in total. The number of ether oxygens (including phenoxy) is 2. The number of benzene rings is 1. The highest BCUT2D eigenvalue weighted by atomic mass is 16.5. The number of rotatable bonds is 8. The molecule has 3 heteroatoms. The first-order valence-electron chi connectivity index (χ1n) is 10.6. The van der Waals surface area contributed by atoms with Crippen LogP contribution in [0.3, 0.4) is 0 Å². The van der Waals surface area contributed by atoms with E-state index in [0.29, 0.717) is 5.41 Å². The monoisotopic (exact) mass is 357 g/mol. The van der Waals surface area contributed by atoms with Gasteiger partial charge in [0.25, 0.3) is 0 Å². The summed E-state index contributed by atoms with van der Waals surface area (Å²) in [5, 5.41) is 3.93. The van der Waals surface area contributed by atoms with Gasteiger partial charge in [0.2, 0.25) is 0 Å². The standard InChI is InChI=1S/C23H35NO2/c1-18-4-7-21(25-2)20(14-18)23(10-12-26-13-11-23)17-24-16-22(8-3-9-22)15-19-5-6-19/h4,7,14,19,24H,3,5-6,8-13,15-17H2,1-2H3. The van der Waals surface area contributed by atoms with E-state index in [2.05, 4.69) is 30.4 Å². The molecule has 0 radical (unpaired) electrons. The van der Waals surface area contributed by atoms with Crippen LogP contribution in [-0.2, 0) is 10.2 Å². The normalized spacial score (nSPS) is 24.1. The van der Waals surface area contributed by atoms with Crippen molar-refractivity contribution in [3.63, 3.8) is 0 Å². The average molecular weight is 358 g/mol. The smallest absolute Gasteiger partial charge is 0.122 e. The van der Waals surface area contributed by atoms with Gasteiger partial charge in [0.15, 0.2) is 0 Å². The summed E-state index contributed by atoms with van der Waals surface area (Å²) in [5.41, 5.74) is 3.43. The van der Waals surface area contributed by atoms with Crippen molar-refractivity contribution in [3.8, 4) is 5.75 Å². The molecule has 2 aliphatic carbocycles. The first kappa shape index (κ1) is 18.3. The molecule has 1 heterocycles. The highest BCUT2D eigenvalue weighted by Crippen LogP contribution is 2.51. The predicted octanol–water partition coefficient (Wildman–Crippen LogP) is 4.61. The van der Waals surface area contributed by atoms with Gasteiger partial charge in [-0.3, -0.25) is 0 Å². The first-order valence-corrected chi connectivity index (χ1v) is 10.6. The van der Waals surface area contributed by atoms with Crippen molar-refractivity contribution in [2.75, 3.05) is 33.4 Å². The van der Waals surface area contributed by atoms with E-state index in [1.807, 2.05) is 0 Å². The van der Waals surface area contributed by atoms with Crippen LogP contribution in [0, 0.1) is 18.3 Å². The molecule has 0 spiro atoms. The summed E-state index contributed by atoms with van der Waals surface area (Å²) in [5.74, 6) is 2.07. The molecule has 0 atom stereocenters. The van der Waals surface area contributed by atoms with E-state index < -0.39 is 0 Å². The van der Waals surface area contributed by atoms with Crippen molar-refractivity contribution < 1.29 is 9.47 Å². The fourth-order valence-electron chi connectivity index (χ4n) is 5.17. The Morgan fingerprint density at radius 1 is 1.12 bits per heavy atom. The van der Waals surface area contributed by atoms with Crippen molar-refractivity contribution in [1.82, 2.24) is 5.32 Å². The van der Waals surface area contributed by atoms with E-state index in [1.54, 1.807) is 7.11 Å². The van der Waals surface area contributed by atoms with E-state index in [1.165, 1.54) is 56.2 Å². The van der Waals surface area contributed by atoms with Crippen LogP contribution in [0.4, 0.5) is 0 Å². The second-order valence-electron chi connectivity index (χ2n) is 9.20. The maximum atomic E-state index is 5.75. The van der Waals surface area contributed by atoms with E-state index in [0.717, 1.165) is 44.3 Å². The molecule has 144 valence electrons. The maximum Gasteiger partial charge on any atom is 0.122 e. The van der Waals surface area contributed by atoms with Gasteiger partial charge < -0.3 is 14.8 Å². The molecule has 0 aromatic heterocycles. The topological polar surface area (TPSA) is 30.5 Å². The third kappa shape index (κ3) is 3.80. The Morgan fingerprint density at radius 2 is 1.88 bits per heavy atom. The van der Waals surface area contributed by atoms with E-state index >= 15 is 0 Å². The summed E-state index contributed by atoms with van der Waals surface area (Å²) in [4.78, 5) is 0. The quantitative estimate of drug-likeness (QED) is 0.737. The Labute approximate surface area is 158 Å². The van der Waals surface area contributed by atoms with Gasteiger partial charge in [0.05, 0.1) is 7.11 Å². The molecular weight excluding hydrogens is 322 g/mol. The zero-order valence-electron chi connectivity index (χ0n) is 16.6. The third-order valence-corrected chi connectivity index (χ3v) is 7.17. The summed E-state index contributed by atoms with van der Waals surface area (Å²) >= 11 is 0. The molecule has 0 unspecified atom stereocenters. The summed E-state index contributed by atoms with van der Waals surface area (Å²) in [6.07, 6.45) is 10.9. The minimum Gasteiger partial charge on any atom is -0.496 e. The third-order valence-electron chi connectivity index (χ3n) is 7.17. The number of hydrogen-bond acceptors (Lipinski definition) is 3. The molecule has 1 aliphatic heterocycles. The van der Waals surface area contributed by atoms with Crippen LogP contribution in [0.1, 0.15) is 62.5 Å². The second kappa shape index (κ2) is 7.52. The van der Waals surface area contributed by atoms with Crippen molar-refractivity contribution in [3.05, 3.63) is 29.3 Å². The Kier molecular flexibility index (Phi) is 5.29. The van der Waals surface area contributed by atoms with Crippen LogP contribution in [-0.4, -0.2) is 33.4 Å².